The van der Waals surface area contributed by atoms with Gasteiger partial charge in [0, 0.05) is 31.6 Å². The second kappa shape index (κ2) is 9.15. The molecule has 0 aromatic heterocycles. The lowest BCUT2D eigenvalue weighted by atomic mass is 10.0. The van der Waals surface area contributed by atoms with Crippen molar-refractivity contribution in [2.75, 3.05) is 31.6 Å². The second-order valence-electron chi connectivity index (χ2n) is 5.52. The molecule has 2 amide bonds. The van der Waals surface area contributed by atoms with Gasteiger partial charge in [0.15, 0.2) is 0 Å². The van der Waals surface area contributed by atoms with Crippen molar-refractivity contribution in [3.8, 4) is 5.75 Å². The fourth-order valence-corrected chi connectivity index (χ4v) is 2.43. The number of rotatable bonds is 9. The molecule has 0 atom stereocenters. The smallest absolute Gasteiger partial charge is 0.224 e. The normalized spacial score (nSPS) is 13.2. The molecule has 2 rings (SSSR count). The summed E-state index contributed by atoms with van der Waals surface area (Å²) in [6.07, 6.45) is 2.41. The van der Waals surface area contributed by atoms with Crippen molar-refractivity contribution in [3.05, 3.63) is 23.8 Å². The van der Waals surface area contributed by atoms with Gasteiger partial charge in [-0.15, -0.1) is 0 Å². The number of anilines is 1. The molecular formula is C17H25N3O3. The van der Waals surface area contributed by atoms with Crippen LogP contribution in [0.1, 0.15) is 31.7 Å². The predicted molar refractivity (Wildman–Crippen MR) is 89.7 cm³/mol. The molecule has 126 valence electrons. The van der Waals surface area contributed by atoms with Gasteiger partial charge in [0.25, 0.3) is 0 Å². The van der Waals surface area contributed by atoms with Crippen LogP contribution in [-0.4, -0.2) is 38.1 Å². The van der Waals surface area contributed by atoms with E-state index in [9.17, 15) is 9.59 Å². The van der Waals surface area contributed by atoms with Gasteiger partial charge in [-0.25, -0.2) is 0 Å². The Morgan fingerprint density at radius 2 is 2.17 bits per heavy atom. The highest BCUT2D eigenvalue weighted by Gasteiger charge is 2.14. The van der Waals surface area contributed by atoms with E-state index in [0.717, 1.165) is 36.5 Å². The maximum absolute atomic E-state index is 11.6. The van der Waals surface area contributed by atoms with E-state index in [1.807, 2.05) is 25.1 Å². The molecule has 0 unspecified atom stereocenters. The summed E-state index contributed by atoms with van der Waals surface area (Å²) in [5.74, 6) is 0.901. The van der Waals surface area contributed by atoms with Crippen LogP contribution in [0.25, 0.3) is 0 Å². The molecule has 1 aromatic rings. The summed E-state index contributed by atoms with van der Waals surface area (Å²) in [5.41, 5.74) is 1.97. The van der Waals surface area contributed by atoms with Crippen LogP contribution in [0.5, 0.6) is 5.75 Å². The van der Waals surface area contributed by atoms with E-state index in [1.165, 1.54) is 0 Å². The number of benzene rings is 1. The Labute approximate surface area is 137 Å². The van der Waals surface area contributed by atoms with E-state index in [2.05, 4.69) is 16.0 Å². The molecule has 0 saturated heterocycles. The van der Waals surface area contributed by atoms with Crippen molar-refractivity contribution < 1.29 is 14.3 Å². The first-order valence-electron chi connectivity index (χ1n) is 8.22. The first-order valence-corrected chi connectivity index (χ1v) is 8.22. The summed E-state index contributed by atoms with van der Waals surface area (Å²) in [5, 5.41) is 8.86. The standard InChI is InChI=1S/C17H25N3O3/c1-2-18-9-10-19-16(21)4-3-11-23-14-6-7-15-13(12-14)5-8-17(22)20-15/h6-7,12,18H,2-5,8-11H2,1H3,(H,19,21)(H,20,22). The maximum Gasteiger partial charge on any atom is 0.224 e. The van der Waals surface area contributed by atoms with Gasteiger partial charge >= 0.3 is 0 Å². The molecule has 0 aliphatic carbocycles. The summed E-state index contributed by atoms with van der Waals surface area (Å²) in [6, 6.07) is 5.68. The van der Waals surface area contributed by atoms with Crippen LogP contribution in [-0.2, 0) is 16.0 Å². The molecule has 0 spiro atoms. The molecule has 3 N–H and O–H groups in total. The van der Waals surface area contributed by atoms with Crippen LogP contribution in [0.15, 0.2) is 18.2 Å². The minimum absolute atomic E-state index is 0.0552. The number of hydrogen-bond donors (Lipinski definition) is 3. The average Bonchev–Trinajstić information content (AvgIpc) is 2.55. The van der Waals surface area contributed by atoms with Gasteiger partial charge in [-0.05, 0) is 43.1 Å². The number of amides is 2. The van der Waals surface area contributed by atoms with Crippen LogP contribution in [0, 0.1) is 0 Å². The van der Waals surface area contributed by atoms with Crippen molar-refractivity contribution >= 4 is 17.5 Å². The Morgan fingerprint density at radius 1 is 1.30 bits per heavy atom. The van der Waals surface area contributed by atoms with Crippen molar-refractivity contribution in [2.24, 2.45) is 0 Å². The highest BCUT2D eigenvalue weighted by Crippen LogP contribution is 2.26. The summed E-state index contributed by atoms with van der Waals surface area (Å²) in [4.78, 5) is 22.9. The Morgan fingerprint density at radius 3 is 3.00 bits per heavy atom. The van der Waals surface area contributed by atoms with E-state index < -0.39 is 0 Å². The lowest BCUT2D eigenvalue weighted by molar-refractivity contribution is -0.121. The van der Waals surface area contributed by atoms with Gasteiger partial charge in [0.2, 0.25) is 11.8 Å². The molecule has 1 aliphatic rings. The van der Waals surface area contributed by atoms with Crippen molar-refractivity contribution in [1.82, 2.24) is 10.6 Å². The van der Waals surface area contributed by atoms with Gasteiger partial charge in [0.05, 0.1) is 6.61 Å². The highest BCUT2D eigenvalue weighted by atomic mass is 16.5. The molecule has 0 bridgehead atoms. The monoisotopic (exact) mass is 319 g/mol. The third-order valence-corrected chi connectivity index (χ3v) is 3.66. The molecular weight excluding hydrogens is 294 g/mol. The zero-order chi connectivity index (χ0) is 16.5. The number of aryl methyl sites for hydroxylation is 1. The van der Waals surface area contributed by atoms with Crippen molar-refractivity contribution in [1.29, 1.82) is 0 Å². The number of carbonyl (C=O) groups excluding carboxylic acids is 2. The number of carbonyl (C=O) groups is 2. The van der Waals surface area contributed by atoms with E-state index >= 15 is 0 Å². The molecule has 0 fully saturated rings. The SMILES string of the molecule is CCNCCNC(=O)CCCOc1ccc2c(c1)CCC(=O)N2. The number of ether oxygens (including phenoxy) is 1. The lowest BCUT2D eigenvalue weighted by Crippen LogP contribution is -2.31. The first kappa shape index (κ1) is 17.3. The fourth-order valence-electron chi connectivity index (χ4n) is 2.43. The second-order valence-corrected chi connectivity index (χ2v) is 5.52. The van der Waals surface area contributed by atoms with Gasteiger partial charge in [-0.3, -0.25) is 9.59 Å². The Hall–Kier alpha value is -2.08. The third-order valence-electron chi connectivity index (χ3n) is 3.66. The van der Waals surface area contributed by atoms with Crippen LogP contribution in [0.2, 0.25) is 0 Å². The zero-order valence-corrected chi connectivity index (χ0v) is 13.6. The predicted octanol–water partition coefficient (Wildman–Crippen LogP) is 1.46. The Kier molecular flexibility index (Phi) is 6.87. The van der Waals surface area contributed by atoms with Crippen LogP contribution in [0.4, 0.5) is 5.69 Å². The van der Waals surface area contributed by atoms with Gasteiger partial charge in [-0.2, -0.15) is 0 Å². The Bertz CT molecular complexity index is 546. The van der Waals surface area contributed by atoms with Gasteiger partial charge < -0.3 is 20.7 Å². The molecule has 6 heteroatoms. The molecule has 23 heavy (non-hydrogen) atoms. The number of likely N-dealkylation sites (N-methyl/N-ethyl adjacent to an activating group) is 1. The number of fused-ring (bicyclic) bond motifs is 1. The van der Waals surface area contributed by atoms with Gasteiger partial charge in [-0.1, -0.05) is 6.92 Å². The summed E-state index contributed by atoms with van der Waals surface area (Å²) >= 11 is 0. The van der Waals surface area contributed by atoms with Crippen molar-refractivity contribution in [3.63, 3.8) is 0 Å². The third kappa shape index (κ3) is 5.90. The topological polar surface area (TPSA) is 79.5 Å². The van der Waals surface area contributed by atoms with E-state index in [4.69, 9.17) is 4.74 Å². The first-order chi connectivity index (χ1) is 11.2. The van der Waals surface area contributed by atoms with Crippen molar-refractivity contribution in [2.45, 2.75) is 32.6 Å². The quantitative estimate of drug-likeness (QED) is 0.602. The molecule has 0 saturated carbocycles. The minimum atomic E-state index is 0.0552. The average molecular weight is 319 g/mol. The largest absolute Gasteiger partial charge is 0.494 e. The lowest BCUT2D eigenvalue weighted by Gasteiger charge is -2.17. The van der Waals surface area contributed by atoms with Crippen LogP contribution in [0.3, 0.4) is 0 Å². The molecule has 1 heterocycles. The van der Waals surface area contributed by atoms with Crippen LogP contribution >= 0.6 is 0 Å². The van der Waals surface area contributed by atoms with E-state index in [0.29, 0.717) is 32.4 Å². The summed E-state index contributed by atoms with van der Waals surface area (Å²) < 4.78 is 5.69. The minimum Gasteiger partial charge on any atom is -0.494 e. The highest BCUT2D eigenvalue weighted by molar-refractivity contribution is 5.94. The molecule has 6 nitrogen and oxygen atoms in total. The Balaban J connectivity index is 1.65. The fraction of sp³-hybridized carbons (Fsp3) is 0.529. The molecule has 1 aliphatic heterocycles. The zero-order valence-electron chi connectivity index (χ0n) is 13.6. The number of hydrogen-bond acceptors (Lipinski definition) is 4. The summed E-state index contributed by atoms with van der Waals surface area (Å²) in [7, 11) is 0. The van der Waals surface area contributed by atoms with E-state index in [1.54, 1.807) is 0 Å². The summed E-state index contributed by atoms with van der Waals surface area (Å²) in [6.45, 7) is 4.90. The van der Waals surface area contributed by atoms with Gasteiger partial charge in [0.1, 0.15) is 5.75 Å². The molecule has 1 aromatic carbocycles. The van der Waals surface area contributed by atoms with E-state index in [-0.39, 0.29) is 11.8 Å². The van der Waals surface area contributed by atoms with Crippen LogP contribution < -0.4 is 20.7 Å². The molecule has 0 radical (unpaired) electrons. The number of nitrogens with one attached hydrogen (secondary N) is 3. The maximum atomic E-state index is 11.6.